The molecule has 1 saturated carbocycles. The van der Waals surface area contributed by atoms with E-state index in [9.17, 15) is 4.79 Å². The molecule has 1 aliphatic rings. The quantitative estimate of drug-likeness (QED) is 0.700. The van der Waals surface area contributed by atoms with Crippen LogP contribution in [0.15, 0.2) is 6.20 Å². The second-order valence-corrected chi connectivity index (χ2v) is 3.48. The molecule has 0 spiro atoms. The van der Waals surface area contributed by atoms with Crippen LogP contribution in [0.4, 0.5) is 4.79 Å². The summed E-state index contributed by atoms with van der Waals surface area (Å²) in [7, 11) is 1.79. The van der Waals surface area contributed by atoms with Gasteiger partial charge in [-0.3, -0.25) is 4.68 Å². The Bertz CT molecular complexity index is 330. The molecule has 1 aromatic rings. The lowest BCUT2D eigenvalue weighted by Crippen LogP contribution is -2.36. The molecule has 1 aromatic heterocycles. The maximum absolute atomic E-state index is 11.2. The van der Waals surface area contributed by atoms with Gasteiger partial charge in [0.05, 0.1) is 6.54 Å². The van der Waals surface area contributed by atoms with E-state index in [1.54, 1.807) is 17.9 Å². The number of hydrogen-bond acceptors (Lipinski definition) is 3. The van der Waals surface area contributed by atoms with Gasteiger partial charge < -0.3 is 10.6 Å². The Balaban J connectivity index is 1.73. The fourth-order valence-electron chi connectivity index (χ4n) is 1.11. The molecule has 0 unspecified atom stereocenters. The first-order valence-electron chi connectivity index (χ1n) is 4.63. The van der Waals surface area contributed by atoms with Crippen LogP contribution in [0.2, 0.25) is 0 Å². The van der Waals surface area contributed by atoms with Crippen molar-refractivity contribution in [3.8, 4) is 0 Å². The van der Waals surface area contributed by atoms with Crippen molar-refractivity contribution in [2.45, 2.75) is 25.4 Å². The van der Waals surface area contributed by atoms with Crippen molar-refractivity contribution < 1.29 is 4.79 Å². The van der Waals surface area contributed by atoms with Crippen LogP contribution < -0.4 is 10.6 Å². The molecule has 76 valence electrons. The van der Waals surface area contributed by atoms with E-state index in [1.165, 1.54) is 0 Å². The Kier molecular flexibility index (Phi) is 2.34. The van der Waals surface area contributed by atoms with Gasteiger partial charge in [0.15, 0.2) is 0 Å². The number of amides is 2. The number of nitrogens with zero attached hydrogens (tertiary/aromatic N) is 3. The van der Waals surface area contributed by atoms with Crippen LogP contribution in [-0.4, -0.2) is 27.1 Å². The number of aromatic nitrogens is 3. The summed E-state index contributed by atoms with van der Waals surface area (Å²) in [4.78, 5) is 11.2. The highest BCUT2D eigenvalue weighted by molar-refractivity contribution is 5.74. The molecule has 6 nitrogen and oxygen atoms in total. The summed E-state index contributed by atoms with van der Waals surface area (Å²) in [5.74, 6) is 0. The summed E-state index contributed by atoms with van der Waals surface area (Å²) >= 11 is 0. The van der Waals surface area contributed by atoms with Gasteiger partial charge in [-0.2, -0.15) is 0 Å². The van der Waals surface area contributed by atoms with Crippen molar-refractivity contribution in [1.29, 1.82) is 0 Å². The minimum absolute atomic E-state index is 0.127. The Labute approximate surface area is 81.7 Å². The molecule has 2 amide bonds. The Morgan fingerprint density at radius 2 is 2.50 bits per heavy atom. The lowest BCUT2D eigenvalue weighted by Gasteiger charge is -2.03. The molecule has 14 heavy (non-hydrogen) atoms. The highest BCUT2D eigenvalue weighted by Gasteiger charge is 2.22. The average Bonchev–Trinajstić information content (AvgIpc) is 2.85. The minimum Gasteiger partial charge on any atom is -0.335 e. The topological polar surface area (TPSA) is 71.8 Å². The lowest BCUT2D eigenvalue weighted by molar-refractivity contribution is 0.240. The van der Waals surface area contributed by atoms with E-state index in [0.717, 1.165) is 18.5 Å². The zero-order chi connectivity index (χ0) is 9.97. The number of rotatable bonds is 3. The van der Waals surface area contributed by atoms with Crippen LogP contribution in [0.25, 0.3) is 0 Å². The predicted octanol–water partition coefficient (Wildman–Crippen LogP) is -0.223. The van der Waals surface area contributed by atoms with Gasteiger partial charge in [0.1, 0.15) is 5.69 Å². The van der Waals surface area contributed by atoms with E-state index in [-0.39, 0.29) is 6.03 Å². The van der Waals surface area contributed by atoms with Gasteiger partial charge in [0, 0.05) is 19.3 Å². The van der Waals surface area contributed by atoms with Crippen molar-refractivity contribution in [2.75, 3.05) is 0 Å². The molecule has 1 fully saturated rings. The second-order valence-electron chi connectivity index (χ2n) is 3.48. The van der Waals surface area contributed by atoms with Crippen LogP contribution in [0.1, 0.15) is 18.5 Å². The number of carbonyl (C=O) groups excluding carboxylic acids is 1. The third-order valence-corrected chi connectivity index (χ3v) is 1.99. The average molecular weight is 195 g/mol. The Hall–Kier alpha value is -1.59. The van der Waals surface area contributed by atoms with Gasteiger partial charge in [-0.25, -0.2) is 4.79 Å². The van der Waals surface area contributed by atoms with Crippen LogP contribution in [0, 0.1) is 0 Å². The molecule has 0 aromatic carbocycles. The van der Waals surface area contributed by atoms with Crippen LogP contribution in [0.5, 0.6) is 0 Å². The highest BCUT2D eigenvalue weighted by Crippen LogP contribution is 2.18. The number of aryl methyl sites for hydroxylation is 1. The molecule has 0 bridgehead atoms. The van der Waals surface area contributed by atoms with Gasteiger partial charge in [-0.1, -0.05) is 5.21 Å². The second kappa shape index (κ2) is 3.65. The van der Waals surface area contributed by atoms with Gasteiger partial charge in [-0.05, 0) is 12.8 Å². The van der Waals surface area contributed by atoms with Crippen LogP contribution in [0.3, 0.4) is 0 Å². The maximum Gasteiger partial charge on any atom is 0.315 e. The molecule has 2 rings (SSSR count). The molecule has 6 heteroatoms. The third kappa shape index (κ3) is 2.45. The SMILES string of the molecule is Cn1cc(CNC(=O)NC2CC2)nn1. The molecule has 1 heterocycles. The van der Waals surface area contributed by atoms with E-state index in [4.69, 9.17) is 0 Å². The minimum atomic E-state index is -0.127. The summed E-state index contributed by atoms with van der Waals surface area (Å²) in [6.45, 7) is 0.423. The van der Waals surface area contributed by atoms with Gasteiger partial charge in [-0.15, -0.1) is 5.10 Å². The van der Waals surface area contributed by atoms with Gasteiger partial charge >= 0.3 is 6.03 Å². The van der Waals surface area contributed by atoms with Crippen molar-refractivity contribution in [3.05, 3.63) is 11.9 Å². The maximum atomic E-state index is 11.2. The molecule has 2 N–H and O–H groups in total. The summed E-state index contributed by atoms with van der Waals surface area (Å²) in [5, 5.41) is 13.2. The fourth-order valence-corrected chi connectivity index (χ4v) is 1.11. The molecular formula is C8H13N5O. The summed E-state index contributed by atoms with van der Waals surface area (Å²) < 4.78 is 1.61. The molecule has 1 aliphatic carbocycles. The standard InChI is InChI=1S/C8H13N5O/c1-13-5-7(11-12-13)4-9-8(14)10-6-2-3-6/h5-6H,2-4H2,1H3,(H2,9,10,14). The third-order valence-electron chi connectivity index (χ3n) is 1.99. The van der Waals surface area contributed by atoms with Crippen molar-refractivity contribution in [2.24, 2.45) is 7.05 Å². The van der Waals surface area contributed by atoms with Crippen molar-refractivity contribution in [1.82, 2.24) is 25.6 Å². The zero-order valence-corrected chi connectivity index (χ0v) is 8.03. The molecular weight excluding hydrogens is 182 g/mol. The largest absolute Gasteiger partial charge is 0.335 e. The summed E-state index contributed by atoms with van der Waals surface area (Å²) in [6.07, 6.45) is 3.97. The van der Waals surface area contributed by atoms with E-state index in [0.29, 0.717) is 12.6 Å². The fraction of sp³-hybridized carbons (Fsp3) is 0.625. The highest BCUT2D eigenvalue weighted by atomic mass is 16.2. The lowest BCUT2D eigenvalue weighted by atomic mass is 10.5. The van der Waals surface area contributed by atoms with E-state index in [2.05, 4.69) is 20.9 Å². The van der Waals surface area contributed by atoms with Crippen LogP contribution in [-0.2, 0) is 13.6 Å². The normalized spacial score (nSPS) is 15.2. The zero-order valence-electron chi connectivity index (χ0n) is 8.03. The van der Waals surface area contributed by atoms with Gasteiger partial charge in [0.2, 0.25) is 0 Å². The Morgan fingerprint density at radius 3 is 3.07 bits per heavy atom. The van der Waals surface area contributed by atoms with E-state index < -0.39 is 0 Å². The first kappa shape index (κ1) is 8.98. The first-order valence-corrected chi connectivity index (χ1v) is 4.63. The van der Waals surface area contributed by atoms with E-state index >= 15 is 0 Å². The van der Waals surface area contributed by atoms with Crippen LogP contribution >= 0.6 is 0 Å². The molecule has 0 aliphatic heterocycles. The predicted molar refractivity (Wildman–Crippen MR) is 49.4 cm³/mol. The summed E-state index contributed by atoms with van der Waals surface area (Å²) in [6, 6.07) is 0.259. The molecule has 0 saturated heterocycles. The van der Waals surface area contributed by atoms with Gasteiger partial charge in [0.25, 0.3) is 0 Å². The molecule has 0 radical (unpaired) electrons. The number of nitrogens with one attached hydrogen (secondary N) is 2. The number of carbonyl (C=O) groups is 1. The Morgan fingerprint density at radius 1 is 1.71 bits per heavy atom. The smallest absolute Gasteiger partial charge is 0.315 e. The van der Waals surface area contributed by atoms with E-state index in [1.807, 2.05) is 0 Å². The molecule has 0 atom stereocenters. The van der Waals surface area contributed by atoms with Crippen molar-refractivity contribution >= 4 is 6.03 Å². The monoisotopic (exact) mass is 195 g/mol. The first-order chi connectivity index (χ1) is 6.74. The van der Waals surface area contributed by atoms with Crippen molar-refractivity contribution in [3.63, 3.8) is 0 Å². The number of urea groups is 1. The number of hydrogen-bond donors (Lipinski definition) is 2. The summed E-state index contributed by atoms with van der Waals surface area (Å²) in [5.41, 5.74) is 0.762.